The van der Waals surface area contributed by atoms with Gasteiger partial charge in [-0.15, -0.1) is 0 Å². The van der Waals surface area contributed by atoms with E-state index < -0.39 is 5.91 Å². The molecule has 0 radical (unpaired) electrons. The summed E-state index contributed by atoms with van der Waals surface area (Å²) in [5.74, 6) is 5.32. The van der Waals surface area contributed by atoms with Crippen LogP contribution in [0.4, 0.5) is 0 Å². The standard InChI is InChI=1S/C11H13N5O2/c1-16-6-8(5-14-16)18-7-10-9(11(17)15-12)3-2-4-13-10/h2-6H,7,12H2,1H3,(H,15,17). The largest absolute Gasteiger partial charge is 0.484 e. The van der Waals surface area contributed by atoms with E-state index in [2.05, 4.69) is 15.5 Å². The Hall–Kier alpha value is -2.41. The molecule has 0 bridgehead atoms. The first-order chi connectivity index (χ1) is 8.70. The zero-order valence-electron chi connectivity index (χ0n) is 9.83. The third kappa shape index (κ3) is 2.64. The number of nitrogens with zero attached hydrogens (tertiary/aromatic N) is 3. The van der Waals surface area contributed by atoms with Crippen molar-refractivity contribution in [1.29, 1.82) is 0 Å². The van der Waals surface area contributed by atoms with Crippen molar-refractivity contribution in [1.82, 2.24) is 20.2 Å². The highest BCUT2D eigenvalue weighted by Gasteiger charge is 2.11. The molecule has 1 amide bonds. The summed E-state index contributed by atoms with van der Waals surface area (Å²) in [5.41, 5.74) is 2.98. The first-order valence-electron chi connectivity index (χ1n) is 5.27. The maximum atomic E-state index is 11.5. The first-order valence-corrected chi connectivity index (χ1v) is 5.27. The number of amides is 1. The van der Waals surface area contributed by atoms with Crippen LogP contribution in [-0.4, -0.2) is 20.7 Å². The number of rotatable bonds is 4. The minimum Gasteiger partial charge on any atom is -0.484 e. The zero-order valence-corrected chi connectivity index (χ0v) is 9.83. The van der Waals surface area contributed by atoms with Gasteiger partial charge in [0.1, 0.15) is 6.61 Å². The summed E-state index contributed by atoms with van der Waals surface area (Å²) in [7, 11) is 1.79. The maximum absolute atomic E-state index is 11.5. The fourth-order valence-electron chi connectivity index (χ4n) is 1.46. The van der Waals surface area contributed by atoms with Gasteiger partial charge in [-0.05, 0) is 12.1 Å². The molecule has 0 aromatic carbocycles. The molecule has 0 spiro atoms. The van der Waals surface area contributed by atoms with Crippen molar-refractivity contribution in [3.8, 4) is 5.75 Å². The molecule has 18 heavy (non-hydrogen) atoms. The predicted octanol–water partition coefficient (Wildman–Crippen LogP) is -0.00240. The Kier molecular flexibility index (Phi) is 3.54. The molecule has 3 N–H and O–H groups in total. The molecule has 0 aliphatic carbocycles. The van der Waals surface area contributed by atoms with Crippen LogP contribution in [0.3, 0.4) is 0 Å². The van der Waals surface area contributed by atoms with Gasteiger partial charge in [-0.1, -0.05) is 0 Å². The van der Waals surface area contributed by atoms with Crippen LogP contribution in [0.15, 0.2) is 30.7 Å². The van der Waals surface area contributed by atoms with E-state index in [-0.39, 0.29) is 6.61 Å². The minimum absolute atomic E-state index is 0.176. The molecular weight excluding hydrogens is 234 g/mol. The van der Waals surface area contributed by atoms with Crippen molar-refractivity contribution in [2.75, 3.05) is 0 Å². The van der Waals surface area contributed by atoms with Crippen molar-refractivity contribution >= 4 is 5.91 Å². The van der Waals surface area contributed by atoms with E-state index in [0.717, 1.165) is 0 Å². The van der Waals surface area contributed by atoms with Crippen LogP contribution < -0.4 is 16.0 Å². The highest BCUT2D eigenvalue weighted by atomic mass is 16.5. The number of carbonyl (C=O) groups is 1. The molecule has 2 aromatic rings. The van der Waals surface area contributed by atoms with Gasteiger partial charge in [0.15, 0.2) is 5.75 Å². The number of hydrogen-bond acceptors (Lipinski definition) is 5. The fraction of sp³-hybridized carbons (Fsp3) is 0.182. The van der Waals surface area contributed by atoms with E-state index in [1.807, 2.05) is 0 Å². The Morgan fingerprint density at radius 1 is 1.61 bits per heavy atom. The summed E-state index contributed by atoms with van der Waals surface area (Å²) in [6.45, 7) is 0.176. The third-order valence-corrected chi connectivity index (χ3v) is 2.32. The van der Waals surface area contributed by atoms with Crippen molar-refractivity contribution < 1.29 is 9.53 Å². The van der Waals surface area contributed by atoms with Gasteiger partial charge >= 0.3 is 0 Å². The number of nitrogen functional groups attached to an aromatic ring is 1. The highest BCUT2D eigenvalue weighted by molar-refractivity contribution is 5.94. The second kappa shape index (κ2) is 5.28. The second-order valence-electron chi connectivity index (χ2n) is 3.61. The van der Waals surface area contributed by atoms with Crippen molar-refractivity contribution in [3.63, 3.8) is 0 Å². The topological polar surface area (TPSA) is 95.1 Å². The molecule has 0 saturated carbocycles. The molecule has 2 heterocycles. The van der Waals surface area contributed by atoms with Gasteiger partial charge in [0, 0.05) is 13.2 Å². The summed E-state index contributed by atoms with van der Waals surface area (Å²) in [6.07, 6.45) is 4.91. The molecule has 7 nitrogen and oxygen atoms in total. The number of ether oxygens (including phenoxy) is 1. The van der Waals surface area contributed by atoms with Gasteiger partial charge in [-0.25, -0.2) is 5.84 Å². The van der Waals surface area contributed by atoms with Crippen LogP contribution in [0.5, 0.6) is 5.75 Å². The summed E-state index contributed by atoms with van der Waals surface area (Å²) >= 11 is 0. The Morgan fingerprint density at radius 3 is 3.11 bits per heavy atom. The quantitative estimate of drug-likeness (QED) is 0.450. The highest BCUT2D eigenvalue weighted by Crippen LogP contribution is 2.12. The van der Waals surface area contributed by atoms with Crippen LogP contribution >= 0.6 is 0 Å². The van der Waals surface area contributed by atoms with Crippen molar-refractivity contribution in [2.24, 2.45) is 12.9 Å². The smallest absolute Gasteiger partial charge is 0.267 e. The van der Waals surface area contributed by atoms with Gasteiger partial charge < -0.3 is 4.74 Å². The van der Waals surface area contributed by atoms with E-state index in [9.17, 15) is 4.79 Å². The number of aryl methyl sites for hydroxylation is 1. The molecule has 2 rings (SSSR count). The van der Waals surface area contributed by atoms with Crippen molar-refractivity contribution in [3.05, 3.63) is 42.0 Å². The molecule has 7 heteroatoms. The van der Waals surface area contributed by atoms with Crippen LogP contribution in [-0.2, 0) is 13.7 Å². The lowest BCUT2D eigenvalue weighted by atomic mass is 10.2. The molecule has 94 valence electrons. The van der Waals surface area contributed by atoms with Crippen LogP contribution in [0, 0.1) is 0 Å². The fourth-order valence-corrected chi connectivity index (χ4v) is 1.46. The lowest BCUT2D eigenvalue weighted by Crippen LogP contribution is -2.31. The van der Waals surface area contributed by atoms with Crippen molar-refractivity contribution in [2.45, 2.75) is 6.61 Å². The molecule has 0 aliphatic heterocycles. The number of hydrogen-bond donors (Lipinski definition) is 2. The number of hydrazine groups is 1. The lowest BCUT2D eigenvalue weighted by Gasteiger charge is -2.07. The zero-order chi connectivity index (χ0) is 13.0. The summed E-state index contributed by atoms with van der Waals surface area (Å²) in [4.78, 5) is 15.6. The predicted molar refractivity (Wildman–Crippen MR) is 63.4 cm³/mol. The van der Waals surface area contributed by atoms with Gasteiger partial charge in [0.25, 0.3) is 5.91 Å². The number of pyridine rings is 1. The molecular formula is C11H13N5O2. The monoisotopic (exact) mass is 247 g/mol. The Labute approximate surface area is 104 Å². The van der Waals surface area contributed by atoms with E-state index in [1.54, 1.807) is 42.5 Å². The average Bonchev–Trinajstić information content (AvgIpc) is 2.81. The van der Waals surface area contributed by atoms with Crippen LogP contribution in [0.25, 0.3) is 0 Å². The first kappa shape index (κ1) is 12.1. The van der Waals surface area contributed by atoms with Crippen LogP contribution in [0.1, 0.15) is 16.1 Å². The van der Waals surface area contributed by atoms with E-state index >= 15 is 0 Å². The molecule has 0 aliphatic rings. The average molecular weight is 247 g/mol. The second-order valence-corrected chi connectivity index (χ2v) is 3.61. The van der Waals surface area contributed by atoms with Gasteiger partial charge in [-0.2, -0.15) is 5.10 Å². The van der Waals surface area contributed by atoms with E-state index in [0.29, 0.717) is 17.0 Å². The molecule has 0 saturated heterocycles. The Bertz CT molecular complexity index is 552. The van der Waals surface area contributed by atoms with Crippen LogP contribution in [0.2, 0.25) is 0 Å². The minimum atomic E-state index is -0.395. The van der Waals surface area contributed by atoms with Gasteiger partial charge in [0.05, 0.1) is 23.7 Å². The third-order valence-electron chi connectivity index (χ3n) is 2.32. The number of aromatic nitrogens is 3. The molecule has 0 unspecified atom stereocenters. The Morgan fingerprint density at radius 2 is 2.44 bits per heavy atom. The summed E-state index contributed by atoms with van der Waals surface area (Å²) in [6, 6.07) is 3.30. The molecule has 2 aromatic heterocycles. The van der Waals surface area contributed by atoms with E-state index in [1.165, 1.54) is 0 Å². The van der Waals surface area contributed by atoms with Gasteiger partial charge in [0.2, 0.25) is 0 Å². The number of nitrogens with one attached hydrogen (secondary N) is 1. The normalized spacial score (nSPS) is 10.1. The maximum Gasteiger partial charge on any atom is 0.267 e. The lowest BCUT2D eigenvalue weighted by molar-refractivity contribution is 0.0950. The number of nitrogens with two attached hydrogens (primary N) is 1. The number of carbonyl (C=O) groups excluding carboxylic acids is 1. The molecule has 0 fully saturated rings. The summed E-state index contributed by atoms with van der Waals surface area (Å²) in [5, 5.41) is 3.97. The molecule has 0 atom stereocenters. The summed E-state index contributed by atoms with van der Waals surface area (Å²) < 4.78 is 7.11. The van der Waals surface area contributed by atoms with E-state index in [4.69, 9.17) is 10.6 Å². The SMILES string of the molecule is Cn1cc(OCc2ncccc2C(=O)NN)cn1. The van der Waals surface area contributed by atoms with Gasteiger partial charge in [-0.3, -0.25) is 19.9 Å². The Balaban J connectivity index is 2.11.